The summed E-state index contributed by atoms with van der Waals surface area (Å²) in [5, 5.41) is 2.92. The van der Waals surface area contributed by atoms with E-state index in [4.69, 9.17) is 0 Å². The van der Waals surface area contributed by atoms with Crippen molar-refractivity contribution in [3.63, 3.8) is 0 Å². The fraction of sp³-hybridized carbons (Fsp3) is 0.318. The van der Waals surface area contributed by atoms with Crippen LogP contribution >= 0.6 is 15.9 Å². The van der Waals surface area contributed by atoms with E-state index >= 15 is 0 Å². The van der Waals surface area contributed by atoms with Crippen LogP contribution in [0.15, 0.2) is 46.9 Å². The molecule has 3 rings (SSSR count). The lowest BCUT2D eigenvalue weighted by molar-refractivity contribution is -0.116. The summed E-state index contributed by atoms with van der Waals surface area (Å²) in [6, 6.07) is 12.8. The minimum Gasteiger partial charge on any atom is -0.325 e. The number of hydrogen-bond donors (Lipinski definition) is 1. The predicted octanol–water partition coefficient (Wildman–Crippen LogP) is 4.81. The van der Waals surface area contributed by atoms with E-state index < -0.39 is 0 Å². The molecule has 2 aromatic carbocycles. The molecule has 146 valence electrons. The summed E-state index contributed by atoms with van der Waals surface area (Å²) < 4.78 is 0.880. The van der Waals surface area contributed by atoms with Crippen molar-refractivity contribution in [2.24, 2.45) is 0 Å². The van der Waals surface area contributed by atoms with Crippen molar-refractivity contribution >= 4 is 39.3 Å². The fourth-order valence-electron chi connectivity index (χ4n) is 3.27. The first-order valence-corrected chi connectivity index (χ1v) is 10.3. The number of halogens is 1. The van der Waals surface area contributed by atoms with Crippen LogP contribution in [0.1, 0.15) is 58.9 Å². The third kappa shape index (κ3) is 4.50. The molecule has 1 N–H and O–H groups in total. The maximum atomic E-state index is 12.3. The molecule has 0 atom stereocenters. The van der Waals surface area contributed by atoms with Gasteiger partial charge in [-0.05, 0) is 65.0 Å². The summed E-state index contributed by atoms with van der Waals surface area (Å²) in [5.41, 5.74) is 2.93. The van der Waals surface area contributed by atoms with Crippen molar-refractivity contribution in [3.8, 4) is 0 Å². The van der Waals surface area contributed by atoms with Gasteiger partial charge in [-0.1, -0.05) is 31.5 Å². The molecule has 1 aliphatic rings. The van der Waals surface area contributed by atoms with Gasteiger partial charge in [-0.3, -0.25) is 19.3 Å². The van der Waals surface area contributed by atoms with Gasteiger partial charge in [0.2, 0.25) is 5.91 Å². The highest BCUT2D eigenvalue weighted by Crippen LogP contribution is 2.25. The summed E-state index contributed by atoms with van der Waals surface area (Å²) >= 11 is 3.49. The summed E-state index contributed by atoms with van der Waals surface area (Å²) in [6.07, 6.45) is 3.52. The van der Waals surface area contributed by atoms with Crippen molar-refractivity contribution in [2.75, 3.05) is 11.9 Å². The van der Waals surface area contributed by atoms with E-state index in [0.29, 0.717) is 36.9 Å². The fourth-order valence-corrected chi connectivity index (χ4v) is 3.79. The lowest BCUT2D eigenvalue weighted by Crippen LogP contribution is -2.30. The van der Waals surface area contributed by atoms with Gasteiger partial charge in [-0.15, -0.1) is 0 Å². The highest BCUT2D eigenvalue weighted by Gasteiger charge is 2.34. The number of unbranched alkanes of at least 4 members (excludes halogenated alkanes) is 2. The normalized spacial score (nSPS) is 13.0. The Bertz CT molecular complexity index is 875. The van der Waals surface area contributed by atoms with E-state index in [1.807, 2.05) is 18.2 Å². The maximum absolute atomic E-state index is 12.3. The number of hydrogen-bond acceptors (Lipinski definition) is 3. The largest absolute Gasteiger partial charge is 0.325 e. The minimum absolute atomic E-state index is 0.0364. The molecule has 0 aromatic heterocycles. The molecule has 0 aliphatic carbocycles. The van der Waals surface area contributed by atoms with Gasteiger partial charge in [0, 0.05) is 17.4 Å². The van der Waals surface area contributed by atoms with Crippen molar-refractivity contribution < 1.29 is 14.4 Å². The minimum atomic E-state index is -0.223. The average molecular weight is 443 g/mol. The number of carbonyl (C=O) groups is 3. The highest BCUT2D eigenvalue weighted by atomic mass is 79.9. The third-order valence-corrected chi connectivity index (χ3v) is 5.54. The topological polar surface area (TPSA) is 66.5 Å². The van der Waals surface area contributed by atoms with Gasteiger partial charge in [-0.25, -0.2) is 0 Å². The molecular weight excluding hydrogens is 420 g/mol. The quantitative estimate of drug-likeness (QED) is 0.471. The zero-order valence-corrected chi connectivity index (χ0v) is 17.4. The van der Waals surface area contributed by atoms with Crippen LogP contribution in [-0.2, 0) is 11.2 Å². The summed E-state index contributed by atoms with van der Waals surface area (Å²) in [4.78, 5) is 38.0. The van der Waals surface area contributed by atoms with Crippen molar-refractivity contribution in [1.29, 1.82) is 0 Å². The van der Waals surface area contributed by atoms with Gasteiger partial charge in [0.05, 0.1) is 16.8 Å². The molecule has 0 saturated carbocycles. The van der Waals surface area contributed by atoms with E-state index in [-0.39, 0.29) is 17.7 Å². The molecule has 2 aromatic rings. The number of anilines is 1. The van der Waals surface area contributed by atoms with Crippen molar-refractivity contribution in [1.82, 2.24) is 4.90 Å². The van der Waals surface area contributed by atoms with Crippen LogP contribution in [0.4, 0.5) is 5.69 Å². The number of fused-ring (bicyclic) bond motifs is 1. The Hall–Kier alpha value is -2.47. The summed E-state index contributed by atoms with van der Waals surface area (Å²) in [5.74, 6) is -0.483. The number of aryl methyl sites for hydroxylation is 1. The number of carbonyl (C=O) groups excluding carboxylic acids is 3. The van der Waals surface area contributed by atoms with Crippen LogP contribution < -0.4 is 5.32 Å². The van der Waals surface area contributed by atoms with Crippen molar-refractivity contribution in [3.05, 3.63) is 63.6 Å². The molecule has 3 amide bonds. The third-order valence-electron chi connectivity index (χ3n) is 4.88. The predicted molar refractivity (Wildman–Crippen MR) is 112 cm³/mol. The van der Waals surface area contributed by atoms with Gasteiger partial charge >= 0.3 is 0 Å². The molecule has 6 heteroatoms. The van der Waals surface area contributed by atoms with Crippen LogP contribution in [0.5, 0.6) is 0 Å². The molecule has 0 spiro atoms. The number of imide groups is 1. The SMILES string of the molecule is CCc1ccc(NC(=O)CCCCCN2C(=O)c3ccccc3C2=O)c(Br)c1. The van der Waals surface area contributed by atoms with Crippen LogP contribution in [-0.4, -0.2) is 29.2 Å². The van der Waals surface area contributed by atoms with E-state index in [9.17, 15) is 14.4 Å². The second kappa shape index (κ2) is 9.15. The van der Waals surface area contributed by atoms with E-state index in [1.54, 1.807) is 24.3 Å². The molecule has 0 saturated heterocycles. The molecule has 0 unspecified atom stereocenters. The molecule has 0 bridgehead atoms. The lowest BCUT2D eigenvalue weighted by atomic mass is 10.1. The summed E-state index contributed by atoms with van der Waals surface area (Å²) in [7, 11) is 0. The molecular formula is C22H23BrN2O3. The van der Waals surface area contributed by atoms with E-state index in [2.05, 4.69) is 28.2 Å². The van der Waals surface area contributed by atoms with Crippen LogP contribution in [0.2, 0.25) is 0 Å². The Labute approximate surface area is 173 Å². The zero-order valence-electron chi connectivity index (χ0n) is 15.8. The first kappa shape index (κ1) is 20.3. The maximum Gasteiger partial charge on any atom is 0.261 e. The van der Waals surface area contributed by atoms with E-state index in [1.165, 1.54) is 10.5 Å². The number of benzene rings is 2. The first-order chi connectivity index (χ1) is 13.5. The van der Waals surface area contributed by atoms with Gasteiger partial charge < -0.3 is 5.32 Å². The van der Waals surface area contributed by atoms with Gasteiger partial charge in [0.15, 0.2) is 0 Å². The van der Waals surface area contributed by atoms with Crippen molar-refractivity contribution in [2.45, 2.75) is 39.0 Å². The molecule has 1 heterocycles. The molecule has 0 fully saturated rings. The second-order valence-corrected chi connectivity index (χ2v) is 7.69. The van der Waals surface area contributed by atoms with Gasteiger partial charge in [0.1, 0.15) is 0 Å². The Morgan fingerprint density at radius 3 is 2.29 bits per heavy atom. The number of rotatable bonds is 8. The average Bonchev–Trinajstić information content (AvgIpc) is 2.94. The Morgan fingerprint density at radius 2 is 1.68 bits per heavy atom. The standard InChI is InChI=1S/C22H23BrN2O3/c1-2-15-11-12-19(18(23)14-15)24-20(26)10-4-3-7-13-25-21(27)16-8-5-6-9-17(16)22(25)28/h5-6,8-9,11-12,14H,2-4,7,10,13H2,1H3,(H,24,26). The highest BCUT2D eigenvalue weighted by molar-refractivity contribution is 9.10. The van der Waals surface area contributed by atoms with Gasteiger partial charge in [-0.2, -0.15) is 0 Å². The monoisotopic (exact) mass is 442 g/mol. The number of nitrogens with zero attached hydrogens (tertiary/aromatic N) is 1. The number of nitrogens with one attached hydrogen (secondary N) is 1. The molecule has 1 aliphatic heterocycles. The van der Waals surface area contributed by atoms with Crippen LogP contribution in [0.25, 0.3) is 0 Å². The second-order valence-electron chi connectivity index (χ2n) is 6.83. The smallest absolute Gasteiger partial charge is 0.261 e. The summed E-state index contributed by atoms with van der Waals surface area (Å²) in [6.45, 7) is 2.47. The Kier molecular flexibility index (Phi) is 6.62. The lowest BCUT2D eigenvalue weighted by Gasteiger charge is -2.13. The first-order valence-electron chi connectivity index (χ1n) is 9.54. The molecule has 5 nitrogen and oxygen atoms in total. The van der Waals surface area contributed by atoms with Crippen LogP contribution in [0, 0.1) is 0 Å². The Balaban J connectivity index is 1.40. The number of amides is 3. The zero-order chi connectivity index (χ0) is 20.1. The molecule has 0 radical (unpaired) electrons. The van der Waals surface area contributed by atoms with Gasteiger partial charge in [0.25, 0.3) is 11.8 Å². The Morgan fingerprint density at radius 1 is 1.00 bits per heavy atom. The van der Waals surface area contributed by atoms with E-state index in [0.717, 1.165) is 23.0 Å². The van der Waals surface area contributed by atoms with Crippen LogP contribution in [0.3, 0.4) is 0 Å². The molecule has 28 heavy (non-hydrogen) atoms.